The highest BCUT2D eigenvalue weighted by Crippen LogP contribution is 2.31. The maximum absolute atomic E-state index is 12.9. The van der Waals surface area contributed by atoms with Gasteiger partial charge in [-0.25, -0.2) is 9.97 Å². The number of likely N-dealkylation sites (tertiary alicyclic amines) is 1. The van der Waals surface area contributed by atoms with Crippen LogP contribution in [0.4, 0.5) is 0 Å². The first kappa shape index (κ1) is 17.6. The van der Waals surface area contributed by atoms with Crippen LogP contribution in [0.5, 0.6) is 0 Å². The number of para-hydroxylation sites is 2. The predicted molar refractivity (Wildman–Crippen MR) is 105 cm³/mol. The van der Waals surface area contributed by atoms with Crippen molar-refractivity contribution in [2.45, 2.75) is 45.6 Å². The van der Waals surface area contributed by atoms with E-state index in [4.69, 9.17) is 4.98 Å². The summed E-state index contributed by atoms with van der Waals surface area (Å²) >= 11 is 0. The number of imidazole rings is 1. The third-order valence-electron chi connectivity index (χ3n) is 5.21. The molecule has 2 aromatic heterocycles. The zero-order chi connectivity index (χ0) is 19.0. The molecule has 1 unspecified atom stereocenters. The van der Waals surface area contributed by atoms with Gasteiger partial charge < -0.3 is 9.47 Å². The SMILES string of the molecule is Cc1cnc(C(=O)N2CCCC(c3nc4ccccc4n3C(C)C)C2)cn1. The number of benzene rings is 1. The molecule has 4 rings (SSSR count). The van der Waals surface area contributed by atoms with Crippen LogP contribution in [0.2, 0.25) is 0 Å². The number of aryl methyl sites for hydroxylation is 1. The lowest BCUT2D eigenvalue weighted by Gasteiger charge is -2.33. The van der Waals surface area contributed by atoms with E-state index in [9.17, 15) is 4.79 Å². The summed E-state index contributed by atoms with van der Waals surface area (Å²) < 4.78 is 2.32. The van der Waals surface area contributed by atoms with E-state index < -0.39 is 0 Å². The zero-order valence-electron chi connectivity index (χ0n) is 16.1. The van der Waals surface area contributed by atoms with Gasteiger partial charge in [0.05, 0.1) is 22.9 Å². The number of piperidine rings is 1. The molecule has 1 aromatic carbocycles. The number of hydrogen-bond donors (Lipinski definition) is 0. The van der Waals surface area contributed by atoms with Crippen LogP contribution in [0.1, 0.15) is 60.7 Å². The van der Waals surface area contributed by atoms with E-state index in [-0.39, 0.29) is 11.8 Å². The van der Waals surface area contributed by atoms with Gasteiger partial charge in [0, 0.05) is 31.2 Å². The summed E-state index contributed by atoms with van der Waals surface area (Å²) in [7, 11) is 0. The molecule has 1 amide bonds. The van der Waals surface area contributed by atoms with Gasteiger partial charge in [-0.05, 0) is 45.7 Å². The van der Waals surface area contributed by atoms with Gasteiger partial charge in [-0.2, -0.15) is 0 Å². The topological polar surface area (TPSA) is 63.9 Å². The average molecular weight is 363 g/mol. The first-order valence-electron chi connectivity index (χ1n) is 9.59. The molecule has 0 radical (unpaired) electrons. The monoisotopic (exact) mass is 363 g/mol. The van der Waals surface area contributed by atoms with E-state index in [1.54, 1.807) is 12.4 Å². The van der Waals surface area contributed by atoms with Crippen molar-refractivity contribution in [3.63, 3.8) is 0 Å². The molecule has 140 valence electrons. The van der Waals surface area contributed by atoms with Crippen molar-refractivity contribution >= 4 is 16.9 Å². The summed E-state index contributed by atoms with van der Waals surface area (Å²) in [4.78, 5) is 28.2. The summed E-state index contributed by atoms with van der Waals surface area (Å²) in [6.45, 7) is 7.67. The van der Waals surface area contributed by atoms with Crippen molar-refractivity contribution in [2.24, 2.45) is 0 Å². The number of rotatable bonds is 3. The van der Waals surface area contributed by atoms with Crippen molar-refractivity contribution in [1.82, 2.24) is 24.4 Å². The van der Waals surface area contributed by atoms with Gasteiger partial charge >= 0.3 is 0 Å². The number of carbonyl (C=O) groups excluding carboxylic acids is 1. The predicted octanol–water partition coefficient (Wildman–Crippen LogP) is 3.74. The normalized spacial score (nSPS) is 17.6. The second-order valence-corrected chi connectivity index (χ2v) is 7.56. The molecule has 0 N–H and O–H groups in total. The maximum atomic E-state index is 12.9. The molecule has 1 fully saturated rings. The van der Waals surface area contributed by atoms with Crippen LogP contribution in [0.15, 0.2) is 36.7 Å². The van der Waals surface area contributed by atoms with Crippen LogP contribution in [0, 0.1) is 6.92 Å². The van der Waals surface area contributed by atoms with Crippen LogP contribution in [-0.2, 0) is 0 Å². The maximum Gasteiger partial charge on any atom is 0.274 e. The van der Waals surface area contributed by atoms with Crippen LogP contribution in [0.3, 0.4) is 0 Å². The van der Waals surface area contributed by atoms with Crippen LogP contribution < -0.4 is 0 Å². The molecular weight excluding hydrogens is 338 g/mol. The molecule has 6 nitrogen and oxygen atoms in total. The highest BCUT2D eigenvalue weighted by atomic mass is 16.2. The smallest absolute Gasteiger partial charge is 0.274 e. The first-order valence-corrected chi connectivity index (χ1v) is 9.59. The van der Waals surface area contributed by atoms with Gasteiger partial charge in [0.25, 0.3) is 5.91 Å². The Morgan fingerprint density at radius 2 is 2.00 bits per heavy atom. The summed E-state index contributed by atoms with van der Waals surface area (Å²) in [5.74, 6) is 1.27. The van der Waals surface area contributed by atoms with Gasteiger partial charge in [-0.15, -0.1) is 0 Å². The summed E-state index contributed by atoms with van der Waals surface area (Å²) in [5.41, 5.74) is 3.41. The summed E-state index contributed by atoms with van der Waals surface area (Å²) in [6.07, 6.45) is 5.23. The fourth-order valence-corrected chi connectivity index (χ4v) is 3.93. The van der Waals surface area contributed by atoms with Gasteiger partial charge in [-0.3, -0.25) is 9.78 Å². The Kier molecular flexibility index (Phi) is 4.64. The molecule has 0 aliphatic carbocycles. The van der Waals surface area contributed by atoms with E-state index in [2.05, 4.69) is 46.6 Å². The molecule has 0 saturated carbocycles. The number of hydrogen-bond acceptors (Lipinski definition) is 4. The van der Waals surface area contributed by atoms with Gasteiger partial charge in [-0.1, -0.05) is 12.1 Å². The average Bonchev–Trinajstić information content (AvgIpc) is 3.08. The third-order valence-corrected chi connectivity index (χ3v) is 5.21. The Labute approximate surface area is 159 Å². The molecule has 1 atom stereocenters. The Hall–Kier alpha value is -2.76. The van der Waals surface area contributed by atoms with Crippen LogP contribution >= 0.6 is 0 Å². The molecule has 6 heteroatoms. The van der Waals surface area contributed by atoms with E-state index in [1.165, 1.54) is 0 Å². The number of fused-ring (bicyclic) bond motifs is 1. The molecule has 1 aliphatic heterocycles. The Balaban J connectivity index is 1.63. The number of aromatic nitrogens is 4. The van der Waals surface area contributed by atoms with Crippen LogP contribution in [-0.4, -0.2) is 43.4 Å². The molecule has 0 spiro atoms. The second-order valence-electron chi connectivity index (χ2n) is 7.56. The van der Waals surface area contributed by atoms with Gasteiger partial charge in [0.2, 0.25) is 0 Å². The largest absolute Gasteiger partial charge is 0.337 e. The quantitative estimate of drug-likeness (QED) is 0.711. The molecule has 1 saturated heterocycles. The summed E-state index contributed by atoms with van der Waals surface area (Å²) in [5, 5.41) is 0. The van der Waals surface area contributed by atoms with Crippen molar-refractivity contribution in [1.29, 1.82) is 0 Å². The Bertz CT molecular complexity index is 960. The van der Waals surface area contributed by atoms with Gasteiger partial charge in [0.1, 0.15) is 11.5 Å². The highest BCUT2D eigenvalue weighted by Gasteiger charge is 2.30. The third kappa shape index (κ3) is 3.31. The lowest BCUT2D eigenvalue weighted by molar-refractivity contribution is 0.0696. The number of carbonyl (C=O) groups is 1. The van der Waals surface area contributed by atoms with E-state index in [0.29, 0.717) is 18.3 Å². The molecule has 27 heavy (non-hydrogen) atoms. The fourth-order valence-electron chi connectivity index (χ4n) is 3.93. The van der Waals surface area contributed by atoms with Gasteiger partial charge in [0.15, 0.2) is 0 Å². The molecular formula is C21H25N5O. The summed E-state index contributed by atoms with van der Waals surface area (Å²) in [6, 6.07) is 8.59. The standard InChI is InChI=1S/C21H25N5O/c1-14(2)26-19-9-5-4-8-17(19)24-20(26)16-7-6-10-25(13-16)21(27)18-12-22-15(3)11-23-18/h4-5,8-9,11-12,14,16H,6-7,10,13H2,1-3H3. The molecule has 0 bridgehead atoms. The number of nitrogens with zero attached hydrogens (tertiary/aromatic N) is 5. The van der Waals surface area contributed by atoms with Crippen molar-refractivity contribution in [3.8, 4) is 0 Å². The molecule has 1 aliphatic rings. The van der Waals surface area contributed by atoms with Crippen LogP contribution in [0.25, 0.3) is 11.0 Å². The zero-order valence-corrected chi connectivity index (χ0v) is 16.1. The van der Waals surface area contributed by atoms with E-state index in [0.717, 1.165) is 41.9 Å². The number of amides is 1. The minimum Gasteiger partial charge on any atom is -0.337 e. The second kappa shape index (κ2) is 7.10. The van der Waals surface area contributed by atoms with E-state index in [1.807, 2.05) is 17.9 Å². The fraction of sp³-hybridized carbons (Fsp3) is 0.429. The van der Waals surface area contributed by atoms with Crippen molar-refractivity contribution in [2.75, 3.05) is 13.1 Å². The first-order chi connectivity index (χ1) is 13.0. The van der Waals surface area contributed by atoms with E-state index >= 15 is 0 Å². The van der Waals surface area contributed by atoms with Crippen molar-refractivity contribution in [3.05, 3.63) is 53.9 Å². The highest BCUT2D eigenvalue weighted by molar-refractivity contribution is 5.92. The van der Waals surface area contributed by atoms with Crippen molar-refractivity contribution < 1.29 is 4.79 Å². The lowest BCUT2D eigenvalue weighted by atomic mass is 9.96. The molecule has 3 aromatic rings. The molecule has 3 heterocycles. The minimum absolute atomic E-state index is 0.0422. The minimum atomic E-state index is -0.0422. The Morgan fingerprint density at radius 3 is 2.74 bits per heavy atom. The lowest BCUT2D eigenvalue weighted by Crippen LogP contribution is -2.40. The Morgan fingerprint density at radius 1 is 1.19 bits per heavy atom.